The van der Waals surface area contributed by atoms with Gasteiger partial charge in [-0.1, -0.05) is 0 Å². The number of Topliss-reactive ketones (excluding diaryl/α,β-unsaturated/α-hetero) is 1. The molecule has 0 aromatic heterocycles. The summed E-state index contributed by atoms with van der Waals surface area (Å²) in [5.41, 5.74) is -0.962. The maximum Gasteiger partial charge on any atom is 0.335 e. The van der Waals surface area contributed by atoms with E-state index in [0.29, 0.717) is 0 Å². The van der Waals surface area contributed by atoms with E-state index in [9.17, 15) is 14.4 Å². The quantitative estimate of drug-likeness (QED) is 0.618. The van der Waals surface area contributed by atoms with Gasteiger partial charge >= 0.3 is 11.9 Å². The SMILES string of the molecule is CC(=O)C(C)OC(=O)C(C)OCC(C)(C)C(=O)OCCO. The molecule has 0 amide bonds. The lowest BCUT2D eigenvalue weighted by Crippen LogP contribution is -2.36. The minimum absolute atomic E-state index is 0.0536. The predicted octanol–water partition coefficient (Wildman–Crippen LogP) is 0.474. The van der Waals surface area contributed by atoms with E-state index in [0.717, 1.165) is 0 Å². The van der Waals surface area contributed by atoms with E-state index in [2.05, 4.69) is 0 Å². The molecule has 7 heteroatoms. The van der Waals surface area contributed by atoms with Gasteiger partial charge in [0.25, 0.3) is 0 Å². The number of hydrogen-bond acceptors (Lipinski definition) is 7. The van der Waals surface area contributed by atoms with Crippen LogP contribution < -0.4 is 0 Å². The molecule has 0 saturated heterocycles. The summed E-state index contributed by atoms with van der Waals surface area (Å²) >= 11 is 0. The molecule has 0 spiro atoms. The fourth-order valence-corrected chi connectivity index (χ4v) is 1.15. The average Bonchev–Trinajstić information content (AvgIpc) is 2.41. The Labute approximate surface area is 124 Å². The Balaban J connectivity index is 4.33. The van der Waals surface area contributed by atoms with Crippen LogP contribution in [-0.4, -0.2) is 54.9 Å². The zero-order chi connectivity index (χ0) is 16.6. The van der Waals surface area contributed by atoms with Gasteiger partial charge in [-0.15, -0.1) is 0 Å². The molecule has 0 rings (SSSR count). The van der Waals surface area contributed by atoms with Crippen LogP contribution in [0.15, 0.2) is 0 Å². The average molecular weight is 304 g/mol. The van der Waals surface area contributed by atoms with Gasteiger partial charge in [-0.05, 0) is 34.6 Å². The van der Waals surface area contributed by atoms with E-state index in [1.807, 2.05) is 0 Å². The van der Waals surface area contributed by atoms with E-state index in [4.69, 9.17) is 19.3 Å². The molecule has 0 aliphatic heterocycles. The van der Waals surface area contributed by atoms with Crippen molar-refractivity contribution in [2.75, 3.05) is 19.8 Å². The highest BCUT2D eigenvalue weighted by Gasteiger charge is 2.32. The molecule has 0 aromatic carbocycles. The highest BCUT2D eigenvalue weighted by atomic mass is 16.6. The lowest BCUT2D eigenvalue weighted by Gasteiger charge is -2.24. The van der Waals surface area contributed by atoms with Crippen LogP contribution in [0, 0.1) is 5.41 Å². The first-order valence-corrected chi connectivity index (χ1v) is 6.72. The zero-order valence-corrected chi connectivity index (χ0v) is 13.2. The third-order valence-electron chi connectivity index (χ3n) is 2.77. The summed E-state index contributed by atoms with van der Waals surface area (Å²) in [6, 6.07) is 0. The molecular weight excluding hydrogens is 280 g/mol. The molecule has 0 saturated carbocycles. The number of aliphatic hydroxyl groups is 1. The summed E-state index contributed by atoms with van der Waals surface area (Å²) in [6.45, 7) is 7.08. The van der Waals surface area contributed by atoms with Gasteiger partial charge in [0, 0.05) is 0 Å². The zero-order valence-electron chi connectivity index (χ0n) is 13.2. The second-order valence-corrected chi connectivity index (χ2v) is 5.39. The van der Waals surface area contributed by atoms with Crippen molar-refractivity contribution < 1.29 is 33.7 Å². The van der Waals surface area contributed by atoms with Crippen LogP contribution in [0.25, 0.3) is 0 Å². The fraction of sp³-hybridized carbons (Fsp3) is 0.786. The molecule has 122 valence electrons. The smallest absolute Gasteiger partial charge is 0.335 e. The van der Waals surface area contributed by atoms with Crippen LogP contribution >= 0.6 is 0 Å². The van der Waals surface area contributed by atoms with Crippen LogP contribution in [0.3, 0.4) is 0 Å². The van der Waals surface area contributed by atoms with E-state index in [1.165, 1.54) is 20.8 Å². The van der Waals surface area contributed by atoms with Crippen molar-refractivity contribution in [3.63, 3.8) is 0 Å². The van der Waals surface area contributed by atoms with Gasteiger partial charge in [-0.2, -0.15) is 0 Å². The van der Waals surface area contributed by atoms with Crippen LogP contribution in [-0.2, 0) is 28.6 Å². The van der Waals surface area contributed by atoms with E-state index in [-0.39, 0.29) is 25.6 Å². The number of rotatable bonds is 9. The molecule has 0 aliphatic rings. The van der Waals surface area contributed by atoms with Gasteiger partial charge < -0.3 is 19.3 Å². The topological polar surface area (TPSA) is 99.1 Å². The Bertz CT molecular complexity index is 376. The van der Waals surface area contributed by atoms with Crippen molar-refractivity contribution in [3.05, 3.63) is 0 Å². The van der Waals surface area contributed by atoms with Crippen molar-refractivity contribution in [3.8, 4) is 0 Å². The molecule has 2 atom stereocenters. The van der Waals surface area contributed by atoms with Crippen LogP contribution in [0.5, 0.6) is 0 Å². The molecular formula is C14H24O7. The Kier molecular flexibility index (Phi) is 8.12. The third-order valence-corrected chi connectivity index (χ3v) is 2.77. The van der Waals surface area contributed by atoms with Crippen molar-refractivity contribution in [1.29, 1.82) is 0 Å². The van der Waals surface area contributed by atoms with Gasteiger partial charge in [0.05, 0.1) is 18.6 Å². The summed E-state index contributed by atoms with van der Waals surface area (Å²) in [4.78, 5) is 34.4. The lowest BCUT2D eigenvalue weighted by molar-refractivity contribution is -0.170. The largest absolute Gasteiger partial charge is 0.463 e. The molecule has 0 aliphatic carbocycles. The van der Waals surface area contributed by atoms with Crippen LogP contribution in [0.4, 0.5) is 0 Å². The van der Waals surface area contributed by atoms with Crippen molar-refractivity contribution >= 4 is 17.7 Å². The summed E-state index contributed by atoms with van der Waals surface area (Å²) in [6.07, 6.45) is -1.73. The molecule has 0 radical (unpaired) electrons. The molecule has 7 nitrogen and oxygen atoms in total. The second-order valence-electron chi connectivity index (χ2n) is 5.39. The number of aliphatic hydroxyl groups excluding tert-OH is 1. The van der Waals surface area contributed by atoms with E-state index < -0.39 is 29.6 Å². The Hall–Kier alpha value is -1.47. The molecule has 21 heavy (non-hydrogen) atoms. The fourth-order valence-electron chi connectivity index (χ4n) is 1.15. The third kappa shape index (κ3) is 7.19. The normalized spacial score (nSPS) is 14.2. The van der Waals surface area contributed by atoms with Crippen LogP contribution in [0.2, 0.25) is 0 Å². The Morgan fingerprint density at radius 2 is 1.71 bits per heavy atom. The second kappa shape index (κ2) is 8.74. The number of esters is 2. The molecule has 0 bridgehead atoms. The molecule has 2 unspecified atom stereocenters. The van der Waals surface area contributed by atoms with E-state index in [1.54, 1.807) is 13.8 Å². The highest BCUT2D eigenvalue weighted by molar-refractivity contribution is 5.84. The Morgan fingerprint density at radius 1 is 1.14 bits per heavy atom. The van der Waals surface area contributed by atoms with E-state index >= 15 is 0 Å². The standard InChI is InChI=1S/C14H24O7/c1-9(16)10(2)21-12(17)11(3)20-8-14(4,5)13(18)19-7-6-15/h10-11,15H,6-8H2,1-5H3. The summed E-state index contributed by atoms with van der Waals surface area (Å²) in [5.74, 6) is -1.46. The van der Waals surface area contributed by atoms with Gasteiger partial charge in [-0.3, -0.25) is 9.59 Å². The Morgan fingerprint density at radius 3 is 2.19 bits per heavy atom. The minimum atomic E-state index is -0.962. The van der Waals surface area contributed by atoms with Crippen molar-refractivity contribution in [2.45, 2.75) is 46.8 Å². The number of carbonyl (C=O) groups is 3. The molecule has 0 heterocycles. The lowest BCUT2D eigenvalue weighted by atomic mass is 9.95. The van der Waals surface area contributed by atoms with Gasteiger partial charge in [0.15, 0.2) is 18.0 Å². The maximum atomic E-state index is 11.7. The van der Waals surface area contributed by atoms with Crippen LogP contribution in [0.1, 0.15) is 34.6 Å². The summed E-state index contributed by atoms with van der Waals surface area (Å²) < 4.78 is 15.0. The predicted molar refractivity (Wildman–Crippen MR) is 73.5 cm³/mol. The van der Waals surface area contributed by atoms with Crippen molar-refractivity contribution in [1.82, 2.24) is 0 Å². The minimum Gasteiger partial charge on any atom is -0.463 e. The summed E-state index contributed by atoms with van der Waals surface area (Å²) in [7, 11) is 0. The number of hydrogen-bond donors (Lipinski definition) is 1. The van der Waals surface area contributed by atoms with Gasteiger partial charge in [0.1, 0.15) is 6.61 Å². The first-order valence-electron chi connectivity index (χ1n) is 6.72. The van der Waals surface area contributed by atoms with Crippen molar-refractivity contribution in [2.24, 2.45) is 5.41 Å². The first-order chi connectivity index (χ1) is 9.61. The monoisotopic (exact) mass is 304 g/mol. The first kappa shape index (κ1) is 19.5. The number of ketones is 1. The summed E-state index contributed by atoms with van der Waals surface area (Å²) in [5, 5.41) is 8.60. The van der Waals surface area contributed by atoms with Gasteiger partial charge in [-0.25, -0.2) is 4.79 Å². The molecule has 0 aromatic rings. The number of ether oxygens (including phenoxy) is 3. The number of carbonyl (C=O) groups excluding carboxylic acids is 3. The maximum absolute atomic E-state index is 11.7. The highest BCUT2D eigenvalue weighted by Crippen LogP contribution is 2.19. The van der Waals surface area contributed by atoms with Gasteiger partial charge in [0.2, 0.25) is 0 Å². The molecule has 1 N–H and O–H groups in total. The molecule has 0 fully saturated rings.